The Balaban J connectivity index is 1.71. The molecule has 1 amide bonds. The third-order valence-electron chi connectivity index (χ3n) is 4.17. The van der Waals surface area contributed by atoms with Gasteiger partial charge in [-0.25, -0.2) is 8.42 Å². The molecule has 114 valence electrons. The van der Waals surface area contributed by atoms with Crippen LogP contribution < -0.4 is 4.74 Å². The molecule has 0 aliphatic carbocycles. The number of benzene rings is 1. The number of carbonyl (C=O) groups is 1. The first-order valence-corrected chi connectivity index (χ1v) is 9.07. The van der Waals surface area contributed by atoms with Gasteiger partial charge in [-0.3, -0.25) is 4.79 Å². The van der Waals surface area contributed by atoms with Crippen molar-refractivity contribution in [3.8, 4) is 5.75 Å². The predicted molar refractivity (Wildman–Crippen MR) is 79.0 cm³/mol. The van der Waals surface area contributed by atoms with Crippen molar-refractivity contribution >= 4 is 15.7 Å². The lowest BCUT2D eigenvalue weighted by Crippen LogP contribution is -2.46. The van der Waals surface area contributed by atoms with Crippen LogP contribution in [-0.4, -0.2) is 50.4 Å². The van der Waals surface area contributed by atoms with Crippen LogP contribution in [-0.2, 0) is 21.1 Å². The summed E-state index contributed by atoms with van der Waals surface area (Å²) in [5.74, 6) is 0.963. The molecule has 6 heteroatoms. The highest BCUT2D eigenvalue weighted by Gasteiger charge is 2.31. The summed E-state index contributed by atoms with van der Waals surface area (Å²) in [6, 6.07) is 7.79. The van der Waals surface area contributed by atoms with Crippen molar-refractivity contribution < 1.29 is 17.9 Å². The highest BCUT2D eigenvalue weighted by Crippen LogP contribution is 2.27. The van der Waals surface area contributed by atoms with E-state index >= 15 is 0 Å². The summed E-state index contributed by atoms with van der Waals surface area (Å²) < 4.78 is 28.6. The summed E-state index contributed by atoms with van der Waals surface area (Å²) in [5.41, 5.74) is 1.05. The van der Waals surface area contributed by atoms with Gasteiger partial charge in [0.25, 0.3) is 0 Å². The molecule has 2 heterocycles. The third kappa shape index (κ3) is 3.20. The van der Waals surface area contributed by atoms with E-state index in [0.29, 0.717) is 32.5 Å². The first-order chi connectivity index (χ1) is 10.1. The minimum absolute atomic E-state index is 0.0604. The van der Waals surface area contributed by atoms with Crippen LogP contribution in [0.4, 0.5) is 0 Å². The molecule has 21 heavy (non-hydrogen) atoms. The van der Waals surface area contributed by atoms with Gasteiger partial charge in [0.05, 0.1) is 18.1 Å². The molecule has 1 aromatic rings. The lowest BCUT2D eigenvalue weighted by molar-refractivity contribution is -0.135. The second-order valence-electron chi connectivity index (χ2n) is 5.62. The first-order valence-electron chi connectivity index (χ1n) is 7.25. The summed E-state index contributed by atoms with van der Waals surface area (Å²) >= 11 is 0. The molecule has 0 radical (unpaired) electrons. The standard InChI is InChI=1S/C15H19NO4S/c17-15(16-6-9-21(18,19)10-7-16)13-5-8-20-14-4-2-1-3-12(14)11-13/h1-4,13H,5-11H2/t13-/m1/s1. The molecule has 0 bridgehead atoms. The molecule has 0 spiro atoms. The van der Waals surface area contributed by atoms with Crippen molar-refractivity contribution in [2.45, 2.75) is 12.8 Å². The highest BCUT2D eigenvalue weighted by atomic mass is 32.2. The summed E-state index contributed by atoms with van der Waals surface area (Å²) in [5, 5.41) is 0. The van der Waals surface area contributed by atoms with Gasteiger partial charge in [0.1, 0.15) is 5.75 Å². The zero-order chi connectivity index (χ0) is 14.9. The number of hydrogen-bond acceptors (Lipinski definition) is 4. The molecule has 2 aliphatic heterocycles. The van der Waals surface area contributed by atoms with Gasteiger partial charge in [0, 0.05) is 19.0 Å². The lowest BCUT2D eigenvalue weighted by atomic mass is 9.95. The smallest absolute Gasteiger partial charge is 0.226 e. The number of carbonyl (C=O) groups excluding carboxylic acids is 1. The summed E-state index contributed by atoms with van der Waals surface area (Å²) in [6.07, 6.45) is 1.34. The number of sulfone groups is 1. The second kappa shape index (κ2) is 5.67. The van der Waals surface area contributed by atoms with Crippen LogP contribution in [0.1, 0.15) is 12.0 Å². The van der Waals surface area contributed by atoms with Crippen LogP contribution >= 0.6 is 0 Å². The Morgan fingerprint density at radius 2 is 1.90 bits per heavy atom. The zero-order valence-corrected chi connectivity index (χ0v) is 12.6. The van der Waals surface area contributed by atoms with Gasteiger partial charge in [-0.05, 0) is 24.5 Å². The maximum Gasteiger partial charge on any atom is 0.226 e. The van der Waals surface area contributed by atoms with Crippen LogP contribution in [0, 0.1) is 5.92 Å². The van der Waals surface area contributed by atoms with Gasteiger partial charge in [-0.2, -0.15) is 0 Å². The maximum absolute atomic E-state index is 12.6. The topological polar surface area (TPSA) is 63.7 Å². The SMILES string of the molecule is O=C([C@@H]1CCOc2ccccc2C1)N1CCS(=O)(=O)CC1. The van der Waals surface area contributed by atoms with E-state index in [9.17, 15) is 13.2 Å². The van der Waals surface area contributed by atoms with Gasteiger partial charge in [-0.1, -0.05) is 18.2 Å². The average Bonchev–Trinajstić information content (AvgIpc) is 2.68. The Morgan fingerprint density at radius 1 is 1.19 bits per heavy atom. The minimum atomic E-state index is -2.95. The molecule has 0 unspecified atom stereocenters. The van der Waals surface area contributed by atoms with Crippen LogP contribution in [0.3, 0.4) is 0 Å². The minimum Gasteiger partial charge on any atom is -0.493 e. The number of para-hydroxylation sites is 1. The number of hydrogen-bond donors (Lipinski definition) is 0. The molecule has 1 aromatic carbocycles. The van der Waals surface area contributed by atoms with E-state index in [1.54, 1.807) is 4.90 Å². The molecule has 1 saturated heterocycles. The molecular weight excluding hydrogens is 290 g/mol. The molecule has 1 atom stereocenters. The van der Waals surface area contributed by atoms with Crippen LogP contribution in [0.25, 0.3) is 0 Å². The molecule has 0 aromatic heterocycles. The van der Waals surface area contributed by atoms with Crippen molar-refractivity contribution in [1.29, 1.82) is 0 Å². The van der Waals surface area contributed by atoms with Crippen LogP contribution in [0.5, 0.6) is 5.75 Å². The number of amides is 1. The Kier molecular flexibility index (Phi) is 3.89. The van der Waals surface area contributed by atoms with Crippen molar-refractivity contribution in [1.82, 2.24) is 4.90 Å². The molecular formula is C15H19NO4S. The first kappa shape index (κ1) is 14.4. The Morgan fingerprint density at radius 3 is 2.67 bits per heavy atom. The molecule has 3 rings (SSSR count). The van der Waals surface area contributed by atoms with Crippen LogP contribution in [0.2, 0.25) is 0 Å². The Labute approximate surface area is 124 Å². The zero-order valence-electron chi connectivity index (χ0n) is 11.8. The Bertz CT molecular complexity index is 627. The predicted octanol–water partition coefficient (Wildman–Crippen LogP) is 0.885. The highest BCUT2D eigenvalue weighted by molar-refractivity contribution is 7.91. The molecule has 0 N–H and O–H groups in total. The number of fused-ring (bicyclic) bond motifs is 1. The largest absolute Gasteiger partial charge is 0.493 e. The summed E-state index contributed by atoms with van der Waals surface area (Å²) in [6.45, 7) is 1.17. The molecule has 5 nitrogen and oxygen atoms in total. The van der Waals surface area contributed by atoms with E-state index in [1.807, 2.05) is 24.3 Å². The van der Waals surface area contributed by atoms with Crippen molar-refractivity contribution in [2.24, 2.45) is 5.92 Å². The normalized spacial score (nSPS) is 24.6. The fourth-order valence-electron chi connectivity index (χ4n) is 2.89. The number of nitrogens with zero attached hydrogens (tertiary/aromatic N) is 1. The summed E-state index contributed by atoms with van der Waals surface area (Å²) in [4.78, 5) is 14.3. The third-order valence-corrected chi connectivity index (χ3v) is 5.78. The van der Waals surface area contributed by atoms with Gasteiger partial charge < -0.3 is 9.64 Å². The molecule has 1 fully saturated rings. The van der Waals surface area contributed by atoms with Crippen LogP contribution in [0.15, 0.2) is 24.3 Å². The number of rotatable bonds is 1. The van der Waals surface area contributed by atoms with E-state index in [1.165, 1.54) is 0 Å². The van der Waals surface area contributed by atoms with E-state index in [4.69, 9.17) is 4.74 Å². The van der Waals surface area contributed by atoms with E-state index in [2.05, 4.69) is 0 Å². The average molecular weight is 309 g/mol. The second-order valence-corrected chi connectivity index (χ2v) is 7.93. The van der Waals surface area contributed by atoms with E-state index < -0.39 is 9.84 Å². The molecule has 2 aliphatic rings. The van der Waals surface area contributed by atoms with E-state index in [-0.39, 0.29) is 23.3 Å². The Hall–Kier alpha value is -1.56. The monoisotopic (exact) mass is 309 g/mol. The van der Waals surface area contributed by atoms with E-state index in [0.717, 1.165) is 11.3 Å². The van der Waals surface area contributed by atoms with Gasteiger partial charge >= 0.3 is 0 Å². The van der Waals surface area contributed by atoms with Gasteiger partial charge in [0.15, 0.2) is 9.84 Å². The van der Waals surface area contributed by atoms with Gasteiger partial charge in [-0.15, -0.1) is 0 Å². The van der Waals surface area contributed by atoms with Crippen molar-refractivity contribution in [3.05, 3.63) is 29.8 Å². The lowest BCUT2D eigenvalue weighted by Gasteiger charge is -2.29. The fraction of sp³-hybridized carbons (Fsp3) is 0.533. The van der Waals surface area contributed by atoms with Crippen molar-refractivity contribution in [2.75, 3.05) is 31.2 Å². The van der Waals surface area contributed by atoms with Crippen molar-refractivity contribution in [3.63, 3.8) is 0 Å². The quantitative estimate of drug-likeness (QED) is 0.773. The maximum atomic E-state index is 12.6. The molecule has 0 saturated carbocycles. The summed E-state index contributed by atoms with van der Waals surface area (Å²) in [7, 11) is -2.95. The number of ether oxygens (including phenoxy) is 1. The fourth-order valence-corrected chi connectivity index (χ4v) is 4.09. The van der Waals surface area contributed by atoms with Gasteiger partial charge in [0.2, 0.25) is 5.91 Å².